The van der Waals surface area contributed by atoms with Crippen molar-refractivity contribution in [2.75, 3.05) is 18.9 Å². The molecule has 4 rings (SSSR count). The molecule has 2 aromatic heterocycles. The summed E-state index contributed by atoms with van der Waals surface area (Å²) < 4.78 is 12.9. The van der Waals surface area contributed by atoms with Gasteiger partial charge >= 0.3 is 5.97 Å². The van der Waals surface area contributed by atoms with Gasteiger partial charge in [-0.05, 0) is 31.4 Å². The number of rotatable bonds is 6. The number of para-hydroxylation sites is 2. The van der Waals surface area contributed by atoms with Crippen LogP contribution in [0.3, 0.4) is 0 Å². The molecule has 1 aliphatic heterocycles. The third-order valence-electron chi connectivity index (χ3n) is 4.96. The van der Waals surface area contributed by atoms with E-state index in [1.165, 1.54) is 0 Å². The summed E-state index contributed by atoms with van der Waals surface area (Å²) in [5.41, 5.74) is 9.29. The van der Waals surface area contributed by atoms with Crippen LogP contribution in [0.25, 0.3) is 22.2 Å². The lowest BCUT2D eigenvalue weighted by Gasteiger charge is -2.10. The molecule has 0 aliphatic carbocycles. The number of ether oxygens (including phenoxy) is 2. The summed E-state index contributed by atoms with van der Waals surface area (Å²) in [4.78, 5) is 22.2. The summed E-state index contributed by atoms with van der Waals surface area (Å²) in [7, 11) is 0. The van der Waals surface area contributed by atoms with Crippen LogP contribution in [-0.4, -0.2) is 39.8 Å². The summed E-state index contributed by atoms with van der Waals surface area (Å²) in [5.74, 6) is -0.0982. The smallest absolute Gasteiger partial charge is 0.344 e. The van der Waals surface area contributed by atoms with Crippen molar-refractivity contribution >= 4 is 34.0 Å². The first kappa shape index (κ1) is 17.7. The summed E-state index contributed by atoms with van der Waals surface area (Å²) in [6.07, 6.45) is 3.82. The Kier molecular flexibility index (Phi) is 4.94. The summed E-state index contributed by atoms with van der Waals surface area (Å²) >= 11 is 0. The van der Waals surface area contributed by atoms with Gasteiger partial charge in [-0.15, -0.1) is 0 Å². The second-order valence-corrected chi connectivity index (χ2v) is 6.88. The van der Waals surface area contributed by atoms with Gasteiger partial charge in [0.2, 0.25) is 0 Å². The van der Waals surface area contributed by atoms with Gasteiger partial charge in [0.05, 0.1) is 17.1 Å². The van der Waals surface area contributed by atoms with Crippen molar-refractivity contribution in [2.45, 2.75) is 45.3 Å². The lowest BCUT2D eigenvalue weighted by molar-refractivity contribution is 0.0163. The molecule has 1 aliphatic rings. The van der Waals surface area contributed by atoms with Crippen molar-refractivity contribution in [1.82, 2.24) is 14.5 Å². The van der Waals surface area contributed by atoms with E-state index < -0.39 is 5.97 Å². The molecular weight excluding hydrogens is 344 g/mol. The van der Waals surface area contributed by atoms with Crippen molar-refractivity contribution in [3.05, 3.63) is 29.8 Å². The second-order valence-electron chi connectivity index (χ2n) is 6.88. The first-order chi connectivity index (χ1) is 13.2. The lowest BCUT2D eigenvalue weighted by atomic mass is 10.2. The molecule has 27 heavy (non-hydrogen) atoms. The number of carbonyl (C=O) groups is 1. The number of aryl methyl sites for hydroxylation is 1. The number of fused-ring (bicyclic) bond motifs is 2. The quantitative estimate of drug-likeness (QED) is 0.671. The Balaban J connectivity index is 1.76. The Morgan fingerprint density at radius 3 is 2.81 bits per heavy atom. The minimum Gasteiger partial charge on any atom is -0.459 e. The van der Waals surface area contributed by atoms with E-state index in [-0.39, 0.29) is 12.7 Å². The molecule has 0 amide bonds. The molecule has 3 heterocycles. The average molecular weight is 368 g/mol. The minimum atomic E-state index is -0.465. The SMILES string of the molecule is CCCCn1c(N)c(C(=O)OC[C@@H]2CCCO2)c2nc3ccccc3nc21. The van der Waals surface area contributed by atoms with Crippen molar-refractivity contribution in [1.29, 1.82) is 0 Å². The molecule has 7 nitrogen and oxygen atoms in total. The first-order valence-corrected chi connectivity index (χ1v) is 9.52. The van der Waals surface area contributed by atoms with E-state index in [1.807, 2.05) is 28.8 Å². The van der Waals surface area contributed by atoms with Gasteiger partial charge in [0.1, 0.15) is 23.5 Å². The number of hydrogen-bond acceptors (Lipinski definition) is 6. The molecule has 2 N–H and O–H groups in total. The average Bonchev–Trinajstić information content (AvgIpc) is 3.29. The highest BCUT2D eigenvalue weighted by Gasteiger charge is 2.26. The molecule has 0 bridgehead atoms. The largest absolute Gasteiger partial charge is 0.459 e. The zero-order valence-electron chi connectivity index (χ0n) is 15.5. The van der Waals surface area contributed by atoms with Gasteiger partial charge in [0.25, 0.3) is 0 Å². The van der Waals surface area contributed by atoms with Crippen molar-refractivity contribution < 1.29 is 14.3 Å². The van der Waals surface area contributed by atoms with E-state index in [2.05, 4.69) is 11.9 Å². The van der Waals surface area contributed by atoms with Gasteiger partial charge in [-0.1, -0.05) is 25.5 Å². The van der Waals surface area contributed by atoms with Gasteiger partial charge in [-0.2, -0.15) is 0 Å². The molecule has 0 unspecified atom stereocenters. The zero-order valence-corrected chi connectivity index (χ0v) is 15.5. The number of nitrogens with two attached hydrogens (primary N) is 1. The molecule has 1 atom stereocenters. The maximum absolute atomic E-state index is 12.8. The van der Waals surface area contributed by atoms with Gasteiger partial charge in [-0.3, -0.25) is 0 Å². The number of anilines is 1. The Labute approximate surface area is 157 Å². The number of nitrogen functional groups attached to an aromatic ring is 1. The van der Waals surface area contributed by atoms with Crippen molar-refractivity contribution in [2.24, 2.45) is 0 Å². The van der Waals surface area contributed by atoms with Crippen LogP contribution in [0.4, 0.5) is 5.82 Å². The van der Waals surface area contributed by atoms with Crippen LogP contribution in [0.15, 0.2) is 24.3 Å². The Hall–Kier alpha value is -2.67. The fourth-order valence-electron chi connectivity index (χ4n) is 3.48. The molecule has 3 aromatic rings. The molecular formula is C20H24N4O3. The summed E-state index contributed by atoms with van der Waals surface area (Å²) in [6, 6.07) is 7.60. The van der Waals surface area contributed by atoms with Crippen LogP contribution in [-0.2, 0) is 16.0 Å². The molecule has 1 aromatic carbocycles. The summed E-state index contributed by atoms with van der Waals surface area (Å²) in [6.45, 7) is 3.75. The Morgan fingerprint density at radius 1 is 1.33 bits per heavy atom. The van der Waals surface area contributed by atoms with E-state index in [9.17, 15) is 4.79 Å². The maximum atomic E-state index is 12.8. The van der Waals surface area contributed by atoms with Crippen molar-refractivity contribution in [3.63, 3.8) is 0 Å². The molecule has 0 spiro atoms. The monoisotopic (exact) mass is 368 g/mol. The van der Waals surface area contributed by atoms with Crippen molar-refractivity contribution in [3.8, 4) is 0 Å². The highest BCUT2D eigenvalue weighted by Crippen LogP contribution is 2.29. The molecule has 142 valence electrons. The normalized spacial score (nSPS) is 17.0. The first-order valence-electron chi connectivity index (χ1n) is 9.52. The zero-order chi connectivity index (χ0) is 18.8. The third kappa shape index (κ3) is 3.35. The lowest BCUT2D eigenvalue weighted by Crippen LogP contribution is -2.18. The number of esters is 1. The summed E-state index contributed by atoms with van der Waals surface area (Å²) in [5, 5.41) is 0. The van der Waals surface area contributed by atoms with Crippen LogP contribution >= 0.6 is 0 Å². The molecule has 7 heteroatoms. The van der Waals surface area contributed by atoms with Gasteiger partial charge in [0, 0.05) is 13.2 Å². The fraction of sp³-hybridized carbons (Fsp3) is 0.450. The third-order valence-corrected chi connectivity index (χ3v) is 4.96. The number of benzene rings is 1. The predicted octanol–water partition coefficient (Wildman–Crippen LogP) is 3.30. The van der Waals surface area contributed by atoms with Crippen LogP contribution in [0.5, 0.6) is 0 Å². The predicted molar refractivity (Wildman–Crippen MR) is 104 cm³/mol. The van der Waals surface area contributed by atoms with Crippen LogP contribution in [0, 0.1) is 0 Å². The number of unbranched alkanes of at least 4 members (excludes halogenated alkanes) is 1. The molecule has 0 radical (unpaired) electrons. The Bertz CT molecular complexity index is 976. The fourth-order valence-corrected chi connectivity index (χ4v) is 3.48. The Morgan fingerprint density at radius 2 is 2.11 bits per heavy atom. The number of hydrogen-bond donors (Lipinski definition) is 1. The van der Waals surface area contributed by atoms with Gasteiger partial charge < -0.3 is 19.8 Å². The minimum absolute atomic E-state index is 0.0319. The van der Waals surface area contributed by atoms with E-state index in [4.69, 9.17) is 20.2 Å². The van der Waals surface area contributed by atoms with E-state index in [0.29, 0.717) is 29.1 Å². The van der Waals surface area contributed by atoms with Crippen LogP contribution in [0.1, 0.15) is 43.0 Å². The maximum Gasteiger partial charge on any atom is 0.344 e. The topological polar surface area (TPSA) is 92.3 Å². The molecule has 1 fully saturated rings. The second kappa shape index (κ2) is 7.52. The van der Waals surface area contributed by atoms with E-state index in [1.54, 1.807) is 0 Å². The molecule has 0 saturated carbocycles. The van der Waals surface area contributed by atoms with E-state index >= 15 is 0 Å². The van der Waals surface area contributed by atoms with Gasteiger partial charge in [-0.25, -0.2) is 14.8 Å². The number of carbonyl (C=O) groups excluding carboxylic acids is 1. The highest BCUT2D eigenvalue weighted by molar-refractivity contribution is 6.08. The van der Waals surface area contributed by atoms with E-state index in [0.717, 1.165) is 43.3 Å². The number of aromatic nitrogens is 3. The molecule has 1 saturated heterocycles. The van der Waals surface area contributed by atoms with Gasteiger partial charge in [0.15, 0.2) is 5.65 Å². The number of nitrogens with zero attached hydrogens (tertiary/aromatic N) is 3. The highest BCUT2D eigenvalue weighted by atomic mass is 16.6. The van der Waals surface area contributed by atoms with Crippen LogP contribution in [0.2, 0.25) is 0 Å². The van der Waals surface area contributed by atoms with Crippen LogP contribution < -0.4 is 5.73 Å². The standard InChI is InChI=1S/C20H24N4O3/c1-2-3-10-24-18(21)16(20(25)27-12-13-7-6-11-26-13)17-19(24)23-15-9-5-4-8-14(15)22-17/h4-5,8-9,13H,2-3,6-7,10-12,21H2,1H3/t13-/m0/s1.